The molecule has 0 heterocycles. The molecule has 92 valence electrons. The third-order valence-electron chi connectivity index (χ3n) is 2.67. The maximum absolute atomic E-state index is 10.9. The van der Waals surface area contributed by atoms with E-state index in [9.17, 15) is 4.79 Å². The van der Waals surface area contributed by atoms with E-state index in [-0.39, 0.29) is 0 Å². The van der Waals surface area contributed by atoms with Gasteiger partial charge in [0.15, 0.2) is 6.10 Å². The maximum Gasteiger partial charge on any atom is 0.258 e. The van der Waals surface area contributed by atoms with Crippen molar-refractivity contribution in [2.45, 2.75) is 13.0 Å². The van der Waals surface area contributed by atoms with Crippen LogP contribution in [-0.2, 0) is 4.79 Å². The van der Waals surface area contributed by atoms with Crippen molar-refractivity contribution in [3.05, 3.63) is 54.6 Å². The van der Waals surface area contributed by atoms with Gasteiger partial charge in [-0.2, -0.15) is 0 Å². The molecule has 0 bridgehead atoms. The van der Waals surface area contributed by atoms with Crippen LogP contribution < -0.4 is 10.5 Å². The average molecular weight is 241 g/mol. The van der Waals surface area contributed by atoms with Crippen LogP contribution in [0.2, 0.25) is 0 Å². The molecule has 0 saturated carbocycles. The Hall–Kier alpha value is -2.29. The Kier molecular flexibility index (Phi) is 3.63. The first kappa shape index (κ1) is 12.2. The number of hydrogen-bond acceptors (Lipinski definition) is 2. The van der Waals surface area contributed by atoms with E-state index in [0.29, 0.717) is 5.75 Å². The lowest BCUT2D eigenvalue weighted by Gasteiger charge is -2.11. The molecular formula is C15H15NO2. The molecule has 2 aromatic carbocycles. The minimum absolute atomic E-state index is 0.470. The molecule has 0 aliphatic rings. The summed E-state index contributed by atoms with van der Waals surface area (Å²) in [5.74, 6) is 0.170. The molecule has 0 saturated heterocycles. The molecule has 1 amide bonds. The number of ether oxygens (including phenoxy) is 1. The fraction of sp³-hybridized carbons (Fsp3) is 0.133. The SMILES string of the molecule is C[C@H](Oc1ccc(-c2ccccc2)cc1)C(N)=O. The van der Waals surface area contributed by atoms with Gasteiger partial charge < -0.3 is 10.5 Å². The summed E-state index contributed by atoms with van der Waals surface area (Å²) < 4.78 is 5.39. The van der Waals surface area contributed by atoms with Crippen LogP contribution in [0.15, 0.2) is 54.6 Å². The molecule has 2 N–H and O–H groups in total. The molecule has 3 nitrogen and oxygen atoms in total. The first-order valence-electron chi connectivity index (χ1n) is 5.78. The van der Waals surface area contributed by atoms with Crippen molar-refractivity contribution in [3.8, 4) is 16.9 Å². The predicted molar refractivity (Wildman–Crippen MR) is 71.2 cm³/mol. The third-order valence-corrected chi connectivity index (χ3v) is 2.67. The highest BCUT2D eigenvalue weighted by Crippen LogP contribution is 2.22. The van der Waals surface area contributed by atoms with E-state index in [0.717, 1.165) is 11.1 Å². The van der Waals surface area contributed by atoms with Gasteiger partial charge in [-0.1, -0.05) is 42.5 Å². The monoisotopic (exact) mass is 241 g/mol. The number of hydrogen-bond donors (Lipinski definition) is 1. The van der Waals surface area contributed by atoms with Crippen LogP contribution >= 0.6 is 0 Å². The molecule has 2 aromatic rings. The van der Waals surface area contributed by atoms with Crippen LogP contribution in [0.1, 0.15) is 6.92 Å². The Morgan fingerprint density at radius 3 is 2.11 bits per heavy atom. The zero-order valence-electron chi connectivity index (χ0n) is 10.2. The highest BCUT2D eigenvalue weighted by molar-refractivity contribution is 5.78. The van der Waals surface area contributed by atoms with Crippen LogP contribution in [-0.4, -0.2) is 12.0 Å². The van der Waals surface area contributed by atoms with Gasteiger partial charge >= 0.3 is 0 Å². The minimum Gasteiger partial charge on any atom is -0.481 e. The summed E-state index contributed by atoms with van der Waals surface area (Å²) in [6, 6.07) is 17.6. The zero-order chi connectivity index (χ0) is 13.0. The first-order valence-corrected chi connectivity index (χ1v) is 5.78. The molecule has 0 radical (unpaired) electrons. The van der Waals surface area contributed by atoms with Crippen LogP contribution in [0, 0.1) is 0 Å². The Labute approximate surface area is 106 Å². The lowest BCUT2D eigenvalue weighted by molar-refractivity contribution is -0.123. The highest BCUT2D eigenvalue weighted by Gasteiger charge is 2.09. The van der Waals surface area contributed by atoms with Crippen molar-refractivity contribution < 1.29 is 9.53 Å². The summed E-state index contributed by atoms with van der Waals surface area (Å²) in [5, 5.41) is 0. The normalized spacial score (nSPS) is 11.8. The zero-order valence-corrected chi connectivity index (χ0v) is 10.2. The van der Waals surface area contributed by atoms with Gasteiger partial charge in [0.1, 0.15) is 5.75 Å². The van der Waals surface area contributed by atoms with Crippen molar-refractivity contribution in [2.75, 3.05) is 0 Å². The van der Waals surface area contributed by atoms with Gasteiger partial charge in [-0.25, -0.2) is 0 Å². The Morgan fingerprint density at radius 2 is 1.56 bits per heavy atom. The molecule has 18 heavy (non-hydrogen) atoms. The van der Waals surface area contributed by atoms with Gasteiger partial charge in [0.2, 0.25) is 0 Å². The number of benzene rings is 2. The van der Waals surface area contributed by atoms with E-state index in [1.165, 1.54) is 0 Å². The van der Waals surface area contributed by atoms with Gasteiger partial charge in [-0.05, 0) is 30.2 Å². The summed E-state index contributed by atoms with van der Waals surface area (Å²) in [5.41, 5.74) is 7.39. The predicted octanol–water partition coefficient (Wildman–Crippen LogP) is 2.61. The maximum atomic E-state index is 10.9. The van der Waals surface area contributed by atoms with E-state index in [1.54, 1.807) is 6.92 Å². The lowest BCUT2D eigenvalue weighted by atomic mass is 10.1. The van der Waals surface area contributed by atoms with Crippen molar-refractivity contribution >= 4 is 5.91 Å². The third kappa shape index (κ3) is 2.88. The quantitative estimate of drug-likeness (QED) is 0.894. The summed E-state index contributed by atoms with van der Waals surface area (Å²) in [7, 11) is 0. The Balaban J connectivity index is 2.13. The van der Waals surface area contributed by atoms with Gasteiger partial charge in [-0.3, -0.25) is 4.79 Å². The number of rotatable bonds is 4. The Morgan fingerprint density at radius 1 is 1.00 bits per heavy atom. The molecule has 1 atom stereocenters. The largest absolute Gasteiger partial charge is 0.481 e. The van der Waals surface area contributed by atoms with Gasteiger partial charge in [0.05, 0.1) is 0 Å². The van der Waals surface area contributed by atoms with E-state index in [2.05, 4.69) is 0 Å². The van der Waals surface area contributed by atoms with Gasteiger partial charge in [0, 0.05) is 0 Å². The lowest BCUT2D eigenvalue weighted by Crippen LogP contribution is -2.30. The second kappa shape index (κ2) is 5.36. The summed E-state index contributed by atoms with van der Waals surface area (Å²) in [4.78, 5) is 10.9. The number of amides is 1. The van der Waals surface area contributed by atoms with Crippen molar-refractivity contribution in [2.24, 2.45) is 5.73 Å². The van der Waals surface area contributed by atoms with Crippen molar-refractivity contribution in [1.29, 1.82) is 0 Å². The molecule has 0 spiro atoms. The van der Waals surface area contributed by atoms with Crippen LogP contribution in [0.4, 0.5) is 0 Å². The fourth-order valence-corrected chi connectivity index (χ4v) is 1.62. The van der Waals surface area contributed by atoms with Crippen LogP contribution in [0.3, 0.4) is 0 Å². The number of carbonyl (C=O) groups is 1. The highest BCUT2D eigenvalue weighted by atomic mass is 16.5. The van der Waals surface area contributed by atoms with E-state index >= 15 is 0 Å². The van der Waals surface area contributed by atoms with E-state index < -0.39 is 12.0 Å². The Bertz CT molecular complexity index is 520. The topological polar surface area (TPSA) is 52.3 Å². The standard InChI is InChI=1S/C15H15NO2/c1-11(15(16)17)18-14-9-7-13(8-10-14)12-5-3-2-4-6-12/h2-11H,1H3,(H2,16,17)/t11-/m0/s1. The smallest absolute Gasteiger partial charge is 0.258 e. The molecule has 0 aliphatic carbocycles. The first-order chi connectivity index (χ1) is 8.66. The van der Waals surface area contributed by atoms with Gasteiger partial charge in [-0.15, -0.1) is 0 Å². The molecule has 3 heteroatoms. The summed E-state index contributed by atoms with van der Waals surface area (Å²) >= 11 is 0. The molecule has 0 unspecified atom stereocenters. The minimum atomic E-state index is -0.618. The summed E-state index contributed by atoms with van der Waals surface area (Å²) in [6.45, 7) is 1.63. The average Bonchev–Trinajstić information content (AvgIpc) is 2.40. The number of nitrogens with two attached hydrogens (primary N) is 1. The van der Waals surface area contributed by atoms with Crippen molar-refractivity contribution in [1.82, 2.24) is 0 Å². The van der Waals surface area contributed by atoms with Crippen LogP contribution in [0.5, 0.6) is 5.75 Å². The second-order valence-electron chi connectivity index (χ2n) is 4.05. The summed E-state index contributed by atoms with van der Waals surface area (Å²) in [6.07, 6.45) is -0.618. The van der Waals surface area contributed by atoms with Crippen LogP contribution in [0.25, 0.3) is 11.1 Å². The van der Waals surface area contributed by atoms with E-state index in [1.807, 2.05) is 54.6 Å². The molecule has 0 aromatic heterocycles. The molecule has 0 fully saturated rings. The fourth-order valence-electron chi connectivity index (χ4n) is 1.62. The number of carbonyl (C=O) groups excluding carboxylic acids is 1. The molecular weight excluding hydrogens is 226 g/mol. The van der Waals surface area contributed by atoms with Gasteiger partial charge in [0.25, 0.3) is 5.91 Å². The van der Waals surface area contributed by atoms with E-state index in [4.69, 9.17) is 10.5 Å². The second-order valence-corrected chi connectivity index (χ2v) is 4.05. The molecule has 2 rings (SSSR count). The molecule has 0 aliphatic heterocycles. The van der Waals surface area contributed by atoms with Crippen molar-refractivity contribution in [3.63, 3.8) is 0 Å². The number of primary amides is 1.